The van der Waals surface area contributed by atoms with E-state index in [0.717, 1.165) is 29.7 Å². The summed E-state index contributed by atoms with van der Waals surface area (Å²) in [5, 5.41) is 10.7. The van der Waals surface area contributed by atoms with Crippen molar-refractivity contribution < 1.29 is 14.6 Å². The van der Waals surface area contributed by atoms with Gasteiger partial charge >= 0.3 is 5.97 Å². The van der Waals surface area contributed by atoms with Crippen molar-refractivity contribution >= 4 is 45.9 Å². The molecule has 2 aromatic heterocycles. The standard InChI is InChI=1S/C24H26Cl2N4O3/c25-18-6-5-17-20(29-9-8-27-14-29)12-21(28-24(17)23(18)26)30-16(13-33-10-7-22(31)32)11-15-3-1-2-4-19(15)30/h5-6,8-9,12,14-16,19H,1-4,7,10-11,13H2,(H,31,32)/t15?,16-,19?/m0/s1. The lowest BCUT2D eigenvalue weighted by Gasteiger charge is -2.35. The maximum Gasteiger partial charge on any atom is 0.305 e. The number of fused-ring (bicyclic) bond motifs is 2. The second-order valence-electron chi connectivity index (χ2n) is 8.85. The molecular formula is C24H26Cl2N4O3. The highest BCUT2D eigenvalue weighted by Gasteiger charge is 2.43. The number of carbonyl (C=O) groups is 1. The number of aromatic nitrogens is 3. The molecule has 2 aliphatic rings. The number of nitrogens with zero attached hydrogens (tertiary/aromatic N) is 4. The molecule has 7 nitrogen and oxygen atoms in total. The van der Waals surface area contributed by atoms with Gasteiger partial charge in [0.15, 0.2) is 0 Å². The van der Waals surface area contributed by atoms with Crippen molar-refractivity contribution in [3.8, 4) is 5.69 Å². The number of ether oxygens (including phenoxy) is 1. The van der Waals surface area contributed by atoms with Crippen molar-refractivity contribution in [1.82, 2.24) is 14.5 Å². The van der Waals surface area contributed by atoms with E-state index in [1.165, 1.54) is 19.3 Å². The number of imidazole rings is 1. The van der Waals surface area contributed by atoms with Gasteiger partial charge < -0.3 is 19.3 Å². The van der Waals surface area contributed by atoms with E-state index in [1.54, 1.807) is 18.6 Å². The lowest BCUT2D eigenvalue weighted by Crippen LogP contribution is -2.41. The predicted molar refractivity (Wildman–Crippen MR) is 129 cm³/mol. The molecule has 1 saturated carbocycles. The van der Waals surface area contributed by atoms with Gasteiger partial charge in [0, 0.05) is 29.9 Å². The highest BCUT2D eigenvalue weighted by molar-refractivity contribution is 6.45. The molecule has 0 bridgehead atoms. The first-order valence-electron chi connectivity index (χ1n) is 11.4. The molecule has 1 aromatic carbocycles. The van der Waals surface area contributed by atoms with Gasteiger partial charge in [0.05, 0.1) is 53.3 Å². The second kappa shape index (κ2) is 9.49. The summed E-state index contributed by atoms with van der Waals surface area (Å²) in [5.41, 5.74) is 1.60. The van der Waals surface area contributed by atoms with E-state index < -0.39 is 5.97 Å². The van der Waals surface area contributed by atoms with Crippen molar-refractivity contribution in [2.24, 2.45) is 5.92 Å². The van der Waals surface area contributed by atoms with Crippen LogP contribution in [0.5, 0.6) is 0 Å². The third-order valence-electron chi connectivity index (χ3n) is 6.85. The number of pyridine rings is 1. The number of carboxylic acids is 1. The molecule has 1 N–H and O–H groups in total. The minimum absolute atomic E-state index is 0.00663. The van der Waals surface area contributed by atoms with Crippen LogP contribution in [0.4, 0.5) is 5.82 Å². The minimum Gasteiger partial charge on any atom is -0.481 e. The number of carboxylic acid groups (broad SMARTS) is 1. The molecule has 9 heteroatoms. The van der Waals surface area contributed by atoms with Crippen LogP contribution in [0.3, 0.4) is 0 Å². The van der Waals surface area contributed by atoms with Crippen molar-refractivity contribution in [2.75, 3.05) is 18.1 Å². The summed E-state index contributed by atoms with van der Waals surface area (Å²) in [6, 6.07) is 6.33. The van der Waals surface area contributed by atoms with Gasteiger partial charge in [-0.25, -0.2) is 9.97 Å². The summed E-state index contributed by atoms with van der Waals surface area (Å²) in [7, 11) is 0. The van der Waals surface area contributed by atoms with Gasteiger partial charge in [-0.15, -0.1) is 0 Å². The number of hydrogen-bond acceptors (Lipinski definition) is 5. The fraction of sp³-hybridized carbons (Fsp3) is 0.458. The van der Waals surface area contributed by atoms with Gasteiger partial charge in [0.1, 0.15) is 5.82 Å². The molecule has 5 rings (SSSR count). The Morgan fingerprint density at radius 1 is 1.24 bits per heavy atom. The summed E-state index contributed by atoms with van der Waals surface area (Å²) in [6.45, 7) is 0.686. The van der Waals surface area contributed by atoms with E-state index in [-0.39, 0.29) is 19.1 Å². The van der Waals surface area contributed by atoms with Crippen LogP contribution in [0.2, 0.25) is 10.0 Å². The maximum atomic E-state index is 10.9. The number of hydrogen-bond donors (Lipinski definition) is 1. The summed E-state index contributed by atoms with van der Waals surface area (Å²) in [4.78, 5) is 22.5. The first-order chi connectivity index (χ1) is 16.0. The number of rotatable bonds is 7. The molecule has 3 heterocycles. The quantitative estimate of drug-likeness (QED) is 0.451. The summed E-state index contributed by atoms with van der Waals surface area (Å²) in [5.74, 6) is 0.576. The number of aliphatic carboxylic acids is 1. The van der Waals surface area contributed by atoms with Gasteiger partial charge in [-0.1, -0.05) is 36.0 Å². The van der Waals surface area contributed by atoms with E-state index in [9.17, 15) is 4.79 Å². The first kappa shape index (κ1) is 22.4. The minimum atomic E-state index is -0.848. The Morgan fingerprint density at radius 3 is 2.88 bits per heavy atom. The monoisotopic (exact) mass is 488 g/mol. The molecule has 3 atom stereocenters. The third kappa shape index (κ3) is 4.42. The van der Waals surface area contributed by atoms with Crippen LogP contribution < -0.4 is 4.90 Å². The van der Waals surface area contributed by atoms with E-state index in [1.807, 2.05) is 16.8 Å². The van der Waals surface area contributed by atoms with Crippen molar-refractivity contribution in [1.29, 1.82) is 0 Å². The summed E-state index contributed by atoms with van der Waals surface area (Å²) in [6.07, 6.45) is 11.2. The van der Waals surface area contributed by atoms with Gasteiger partial charge in [-0.05, 0) is 37.3 Å². The largest absolute Gasteiger partial charge is 0.481 e. The van der Waals surface area contributed by atoms with E-state index in [0.29, 0.717) is 34.1 Å². The molecule has 2 unspecified atom stereocenters. The molecule has 1 aliphatic heterocycles. The van der Waals surface area contributed by atoms with Gasteiger partial charge in [-0.3, -0.25) is 4.79 Å². The topological polar surface area (TPSA) is 80.5 Å². The molecule has 1 saturated heterocycles. The molecular weight excluding hydrogens is 463 g/mol. The first-order valence-corrected chi connectivity index (χ1v) is 12.1. The molecule has 33 heavy (non-hydrogen) atoms. The van der Waals surface area contributed by atoms with Crippen LogP contribution in [-0.2, 0) is 9.53 Å². The average Bonchev–Trinajstić information content (AvgIpc) is 3.46. The highest BCUT2D eigenvalue weighted by atomic mass is 35.5. The Kier molecular flexibility index (Phi) is 6.45. The average molecular weight is 489 g/mol. The van der Waals surface area contributed by atoms with Crippen LogP contribution in [0, 0.1) is 5.92 Å². The maximum absolute atomic E-state index is 10.9. The van der Waals surface area contributed by atoms with Gasteiger partial charge in [0.25, 0.3) is 0 Å². The SMILES string of the molecule is O=C(O)CCOC[C@@H]1CC2CCCCC2N1c1cc(-n2ccnc2)c2ccc(Cl)c(Cl)c2n1. The van der Waals surface area contributed by atoms with Crippen LogP contribution >= 0.6 is 23.2 Å². The Hall–Kier alpha value is -2.35. The molecule has 0 radical (unpaired) electrons. The molecule has 174 valence electrons. The van der Waals surface area contributed by atoms with Crippen LogP contribution in [0.25, 0.3) is 16.6 Å². The number of anilines is 1. The zero-order valence-electron chi connectivity index (χ0n) is 18.2. The second-order valence-corrected chi connectivity index (χ2v) is 9.64. The lowest BCUT2D eigenvalue weighted by atomic mass is 9.85. The zero-order valence-corrected chi connectivity index (χ0v) is 19.7. The summed E-state index contributed by atoms with van der Waals surface area (Å²) < 4.78 is 7.77. The molecule has 1 aliphatic carbocycles. The van der Waals surface area contributed by atoms with E-state index in [4.69, 9.17) is 38.0 Å². The Bertz CT molecular complexity index is 1150. The van der Waals surface area contributed by atoms with E-state index >= 15 is 0 Å². The number of benzene rings is 1. The van der Waals surface area contributed by atoms with Crippen LogP contribution in [0.1, 0.15) is 38.5 Å². The van der Waals surface area contributed by atoms with Crippen molar-refractivity contribution in [2.45, 2.75) is 50.6 Å². The number of halogens is 2. The van der Waals surface area contributed by atoms with Crippen LogP contribution in [-0.4, -0.2) is 50.9 Å². The molecule has 0 spiro atoms. The third-order valence-corrected chi connectivity index (χ3v) is 7.64. The molecule has 3 aromatic rings. The van der Waals surface area contributed by atoms with Crippen LogP contribution in [0.15, 0.2) is 36.9 Å². The molecule has 0 amide bonds. The van der Waals surface area contributed by atoms with E-state index in [2.05, 4.69) is 16.0 Å². The smallest absolute Gasteiger partial charge is 0.305 e. The fourth-order valence-electron chi connectivity index (χ4n) is 5.40. The fourth-order valence-corrected chi connectivity index (χ4v) is 5.76. The van der Waals surface area contributed by atoms with Gasteiger partial charge in [0.2, 0.25) is 0 Å². The van der Waals surface area contributed by atoms with Crippen molar-refractivity contribution in [3.05, 3.63) is 47.0 Å². The Morgan fingerprint density at radius 2 is 2.09 bits per heavy atom. The lowest BCUT2D eigenvalue weighted by molar-refractivity contribution is -0.138. The van der Waals surface area contributed by atoms with Gasteiger partial charge in [-0.2, -0.15) is 0 Å². The highest BCUT2D eigenvalue weighted by Crippen LogP contribution is 2.43. The zero-order chi connectivity index (χ0) is 22.9. The van der Waals surface area contributed by atoms with Crippen molar-refractivity contribution in [3.63, 3.8) is 0 Å². The Balaban J connectivity index is 1.57. The Labute approximate surface area is 202 Å². The summed E-state index contributed by atoms with van der Waals surface area (Å²) >= 11 is 13.0. The predicted octanol–water partition coefficient (Wildman–Crippen LogP) is 5.36. The molecule has 2 fully saturated rings. The normalized spacial score (nSPS) is 22.6.